The topological polar surface area (TPSA) is 68.0 Å². The number of carboxylic acid groups (broad SMARTS) is 1. The molecule has 0 radical (unpaired) electrons. The molecule has 100 valence electrons. The van der Waals surface area contributed by atoms with Crippen molar-refractivity contribution in [1.82, 2.24) is 14.8 Å². The number of pyridine rings is 1. The third kappa shape index (κ3) is 1.84. The van der Waals surface area contributed by atoms with E-state index in [9.17, 15) is 9.90 Å². The van der Waals surface area contributed by atoms with Crippen molar-refractivity contribution in [3.8, 4) is 5.69 Å². The molecule has 0 aliphatic rings. The van der Waals surface area contributed by atoms with E-state index < -0.39 is 5.97 Å². The lowest BCUT2D eigenvalue weighted by Crippen LogP contribution is -2.11. The molecule has 0 saturated heterocycles. The van der Waals surface area contributed by atoms with Gasteiger partial charge in [-0.2, -0.15) is 5.10 Å². The average molecular weight is 267 g/mol. The number of hydrogen-bond donors (Lipinski definition) is 1. The zero-order valence-corrected chi connectivity index (χ0v) is 11.2. The van der Waals surface area contributed by atoms with E-state index in [1.165, 1.54) is 0 Å². The van der Waals surface area contributed by atoms with Crippen LogP contribution in [0.1, 0.15) is 21.7 Å². The van der Waals surface area contributed by atoms with Crippen molar-refractivity contribution in [2.75, 3.05) is 0 Å². The molecule has 0 atom stereocenters. The number of aromatic nitrogens is 3. The van der Waals surface area contributed by atoms with Gasteiger partial charge in [0.25, 0.3) is 0 Å². The lowest BCUT2D eigenvalue weighted by atomic mass is 10.1. The summed E-state index contributed by atoms with van der Waals surface area (Å²) in [6.45, 7) is 3.54. The fourth-order valence-electron chi connectivity index (χ4n) is 2.40. The Labute approximate surface area is 115 Å². The Morgan fingerprint density at radius 3 is 2.75 bits per heavy atom. The van der Waals surface area contributed by atoms with Gasteiger partial charge in [0.15, 0.2) is 0 Å². The second kappa shape index (κ2) is 4.45. The van der Waals surface area contributed by atoms with Crippen molar-refractivity contribution in [1.29, 1.82) is 0 Å². The van der Waals surface area contributed by atoms with E-state index in [0.29, 0.717) is 11.4 Å². The van der Waals surface area contributed by atoms with Gasteiger partial charge in [0, 0.05) is 11.1 Å². The molecular formula is C15H13N3O2. The van der Waals surface area contributed by atoms with Crippen LogP contribution in [0, 0.1) is 13.8 Å². The van der Waals surface area contributed by atoms with E-state index in [0.717, 1.165) is 16.6 Å². The molecule has 0 unspecified atom stereocenters. The molecule has 3 aromatic rings. The molecular weight excluding hydrogens is 254 g/mol. The van der Waals surface area contributed by atoms with Gasteiger partial charge in [-0.25, -0.2) is 9.48 Å². The maximum atomic E-state index is 11.5. The Kier molecular flexibility index (Phi) is 2.75. The van der Waals surface area contributed by atoms with Crippen molar-refractivity contribution in [2.45, 2.75) is 13.8 Å². The van der Waals surface area contributed by atoms with Crippen molar-refractivity contribution in [3.05, 3.63) is 53.5 Å². The fraction of sp³-hybridized carbons (Fsp3) is 0.133. The van der Waals surface area contributed by atoms with Gasteiger partial charge in [-0.15, -0.1) is 0 Å². The summed E-state index contributed by atoms with van der Waals surface area (Å²) in [6, 6.07) is 9.44. The highest BCUT2D eigenvalue weighted by molar-refractivity contribution is 5.94. The summed E-state index contributed by atoms with van der Waals surface area (Å²) in [6.07, 6.45) is 1.73. The van der Waals surface area contributed by atoms with Crippen LogP contribution in [0.25, 0.3) is 16.6 Å². The van der Waals surface area contributed by atoms with Gasteiger partial charge >= 0.3 is 5.97 Å². The third-order valence-corrected chi connectivity index (χ3v) is 3.23. The lowest BCUT2D eigenvalue weighted by molar-refractivity contribution is 0.0695. The molecule has 1 N–H and O–H groups in total. The van der Waals surface area contributed by atoms with Crippen LogP contribution in [-0.2, 0) is 0 Å². The molecule has 0 fully saturated rings. The van der Waals surface area contributed by atoms with E-state index in [4.69, 9.17) is 0 Å². The first-order valence-corrected chi connectivity index (χ1v) is 6.22. The molecule has 0 aliphatic heterocycles. The van der Waals surface area contributed by atoms with Crippen molar-refractivity contribution < 1.29 is 9.90 Å². The second-order valence-electron chi connectivity index (χ2n) is 4.66. The molecule has 3 rings (SSSR count). The number of fused-ring (bicyclic) bond motifs is 1. The minimum absolute atomic E-state index is 0.185. The highest BCUT2D eigenvalue weighted by Crippen LogP contribution is 2.23. The van der Waals surface area contributed by atoms with E-state index in [2.05, 4.69) is 10.1 Å². The molecule has 1 aromatic carbocycles. The minimum atomic E-state index is -0.996. The van der Waals surface area contributed by atoms with Crippen molar-refractivity contribution in [2.24, 2.45) is 0 Å². The van der Waals surface area contributed by atoms with Gasteiger partial charge in [-0.3, -0.25) is 4.98 Å². The molecule has 2 heterocycles. The number of aryl methyl sites for hydroxylation is 2. The molecule has 0 bridgehead atoms. The third-order valence-electron chi connectivity index (χ3n) is 3.23. The quantitative estimate of drug-likeness (QED) is 0.775. The first-order chi connectivity index (χ1) is 9.58. The molecule has 0 spiro atoms. The number of aromatic carboxylic acids is 1. The predicted octanol–water partition coefficient (Wildman–Crippen LogP) is 2.74. The maximum Gasteiger partial charge on any atom is 0.339 e. The first kappa shape index (κ1) is 12.3. The highest BCUT2D eigenvalue weighted by atomic mass is 16.4. The summed E-state index contributed by atoms with van der Waals surface area (Å²) >= 11 is 0. The van der Waals surface area contributed by atoms with Crippen molar-refractivity contribution in [3.63, 3.8) is 0 Å². The lowest BCUT2D eigenvalue weighted by Gasteiger charge is -2.11. The van der Waals surface area contributed by atoms with Gasteiger partial charge in [0.2, 0.25) is 0 Å². The van der Waals surface area contributed by atoms with Crippen LogP contribution in [0.2, 0.25) is 0 Å². The van der Waals surface area contributed by atoms with Gasteiger partial charge in [0.1, 0.15) is 5.56 Å². The van der Waals surface area contributed by atoms with Crippen LogP contribution in [0.4, 0.5) is 0 Å². The average Bonchev–Trinajstić information content (AvgIpc) is 2.80. The summed E-state index contributed by atoms with van der Waals surface area (Å²) in [5.41, 5.74) is 2.86. The summed E-state index contributed by atoms with van der Waals surface area (Å²) in [5, 5.41) is 14.7. The zero-order valence-electron chi connectivity index (χ0n) is 11.2. The number of para-hydroxylation sites is 1. The SMILES string of the molecule is Cc1cc(-n2ncc3ccccc32)c(C(=O)O)c(C)n1. The number of hydrogen-bond acceptors (Lipinski definition) is 3. The molecule has 5 nitrogen and oxygen atoms in total. The monoisotopic (exact) mass is 267 g/mol. The van der Waals surface area contributed by atoms with Gasteiger partial charge < -0.3 is 5.11 Å². The number of rotatable bonds is 2. The van der Waals surface area contributed by atoms with Crippen LogP contribution < -0.4 is 0 Å². The Balaban J connectivity index is 2.37. The normalized spacial score (nSPS) is 10.9. The van der Waals surface area contributed by atoms with Crippen LogP contribution in [0.5, 0.6) is 0 Å². The van der Waals surface area contributed by atoms with Crippen LogP contribution >= 0.6 is 0 Å². The van der Waals surface area contributed by atoms with Crippen molar-refractivity contribution >= 4 is 16.9 Å². The molecule has 0 aliphatic carbocycles. The maximum absolute atomic E-state index is 11.5. The van der Waals surface area contributed by atoms with E-state index in [-0.39, 0.29) is 5.56 Å². The zero-order chi connectivity index (χ0) is 14.3. The van der Waals surface area contributed by atoms with E-state index in [1.54, 1.807) is 23.9 Å². The fourth-order valence-corrected chi connectivity index (χ4v) is 2.40. The number of carboxylic acids is 1. The van der Waals surface area contributed by atoms with Crippen LogP contribution in [0.15, 0.2) is 36.5 Å². The molecule has 20 heavy (non-hydrogen) atoms. The Morgan fingerprint density at radius 1 is 1.25 bits per heavy atom. The second-order valence-corrected chi connectivity index (χ2v) is 4.66. The Hall–Kier alpha value is -2.69. The standard InChI is InChI=1S/C15H13N3O2/c1-9-7-13(14(15(19)20)10(2)17-9)18-12-6-4-3-5-11(12)8-16-18/h3-8H,1-2H3,(H,19,20). The van der Waals surface area contributed by atoms with Gasteiger partial charge in [0.05, 0.1) is 23.1 Å². The Morgan fingerprint density at radius 2 is 2.00 bits per heavy atom. The minimum Gasteiger partial charge on any atom is -0.478 e. The predicted molar refractivity (Wildman–Crippen MR) is 75.3 cm³/mol. The number of nitrogens with zero attached hydrogens (tertiary/aromatic N) is 3. The smallest absolute Gasteiger partial charge is 0.339 e. The van der Waals surface area contributed by atoms with Gasteiger partial charge in [-0.05, 0) is 26.0 Å². The Bertz CT molecular complexity index is 821. The summed E-state index contributed by atoms with van der Waals surface area (Å²) in [4.78, 5) is 15.7. The largest absolute Gasteiger partial charge is 0.478 e. The summed E-state index contributed by atoms with van der Waals surface area (Å²) < 4.78 is 1.65. The summed E-state index contributed by atoms with van der Waals surface area (Å²) in [5.74, 6) is -0.996. The van der Waals surface area contributed by atoms with Gasteiger partial charge in [-0.1, -0.05) is 18.2 Å². The number of benzene rings is 1. The molecule has 0 amide bonds. The first-order valence-electron chi connectivity index (χ1n) is 6.22. The highest BCUT2D eigenvalue weighted by Gasteiger charge is 2.18. The van der Waals surface area contributed by atoms with Crippen LogP contribution in [0.3, 0.4) is 0 Å². The molecule has 2 aromatic heterocycles. The summed E-state index contributed by atoms with van der Waals surface area (Å²) in [7, 11) is 0. The van der Waals surface area contributed by atoms with E-state index >= 15 is 0 Å². The van der Waals surface area contributed by atoms with E-state index in [1.807, 2.05) is 31.2 Å². The van der Waals surface area contributed by atoms with Crippen LogP contribution in [-0.4, -0.2) is 25.8 Å². The molecule has 5 heteroatoms. The number of carbonyl (C=O) groups is 1. The molecule has 0 saturated carbocycles.